The number of benzene rings is 1. The van der Waals surface area contributed by atoms with E-state index < -0.39 is 5.97 Å². The van der Waals surface area contributed by atoms with Gasteiger partial charge in [-0.3, -0.25) is 0 Å². The molecule has 0 saturated carbocycles. The summed E-state index contributed by atoms with van der Waals surface area (Å²) in [4.78, 5) is 10.7. The Morgan fingerprint density at radius 2 is 2.12 bits per heavy atom. The highest BCUT2D eigenvalue weighted by atomic mass is 16.5. The molecule has 2 rings (SSSR count). The van der Waals surface area contributed by atoms with E-state index in [2.05, 4.69) is 19.0 Å². The predicted octanol–water partition coefficient (Wildman–Crippen LogP) is 3.16. The molecule has 0 unspecified atom stereocenters. The maximum Gasteiger partial charge on any atom is 0.374 e. The number of carboxylic acids is 1. The smallest absolute Gasteiger partial charge is 0.374 e. The van der Waals surface area contributed by atoms with Gasteiger partial charge in [0.05, 0.1) is 0 Å². The molecule has 0 atom stereocenters. The van der Waals surface area contributed by atoms with Gasteiger partial charge in [-0.2, -0.15) is 0 Å². The first kappa shape index (κ1) is 11.4. The van der Waals surface area contributed by atoms with Gasteiger partial charge in [0.1, 0.15) is 5.69 Å². The SMILES string of the molecule is CC(C)c1cccc(-c2cc(C(=O)O)on2)c1. The summed E-state index contributed by atoms with van der Waals surface area (Å²) in [5, 5.41) is 12.5. The topological polar surface area (TPSA) is 63.3 Å². The van der Waals surface area contributed by atoms with Crippen LogP contribution in [0, 0.1) is 0 Å². The highest BCUT2D eigenvalue weighted by Gasteiger charge is 2.12. The Morgan fingerprint density at radius 1 is 1.35 bits per heavy atom. The Balaban J connectivity index is 2.38. The molecule has 0 aliphatic carbocycles. The minimum absolute atomic E-state index is 0.144. The molecule has 1 N–H and O–H groups in total. The molecule has 4 nitrogen and oxygen atoms in total. The molecule has 0 spiro atoms. The molecule has 0 bridgehead atoms. The number of rotatable bonds is 3. The number of carbonyl (C=O) groups is 1. The van der Waals surface area contributed by atoms with Crippen LogP contribution in [0.25, 0.3) is 11.3 Å². The quantitative estimate of drug-likeness (QED) is 0.881. The van der Waals surface area contributed by atoms with E-state index in [0.717, 1.165) is 5.56 Å². The fourth-order valence-electron chi connectivity index (χ4n) is 1.57. The number of hydrogen-bond donors (Lipinski definition) is 1. The van der Waals surface area contributed by atoms with Crippen LogP contribution >= 0.6 is 0 Å². The standard InChI is InChI=1S/C13H13NO3/c1-8(2)9-4-3-5-10(6-9)11-7-12(13(15)16)17-14-11/h3-8H,1-2H3,(H,15,16). The molecule has 0 aliphatic heterocycles. The van der Waals surface area contributed by atoms with Gasteiger partial charge >= 0.3 is 5.97 Å². The van der Waals surface area contributed by atoms with Gasteiger partial charge in [0.25, 0.3) is 0 Å². The van der Waals surface area contributed by atoms with E-state index in [9.17, 15) is 4.79 Å². The Labute approximate surface area is 98.9 Å². The maximum atomic E-state index is 10.7. The summed E-state index contributed by atoms with van der Waals surface area (Å²) in [5.74, 6) is -0.834. The van der Waals surface area contributed by atoms with Gasteiger partial charge in [-0.15, -0.1) is 0 Å². The fraction of sp³-hybridized carbons (Fsp3) is 0.231. The van der Waals surface area contributed by atoms with Crippen molar-refractivity contribution in [3.8, 4) is 11.3 Å². The van der Waals surface area contributed by atoms with E-state index in [0.29, 0.717) is 11.6 Å². The van der Waals surface area contributed by atoms with Crippen LogP contribution in [0.5, 0.6) is 0 Å². The van der Waals surface area contributed by atoms with Crippen molar-refractivity contribution in [1.82, 2.24) is 5.16 Å². The second-order valence-corrected chi connectivity index (χ2v) is 4.16. The van der Waals surface area contributed by atoms with E-state index in [1.54, 1.807) is 0 Å². The van der Waals surface area contributed by atoms with Crippen molar-refractivity contribution in [2.45, 2.75) is 19.8 Å². The zero-order valence-corrected chi connectivity index (χ0v) is 9.68. The van der Waals surface area contributed by atoms with Gasteiger partial charge in [0, 0.05) is 11.6 Å². The Bertz CT molecular complexity index is 543. The number of carboxylic acid groups (broad SMARTS) is 1. The minimum Gasteiger partial charge on any atom is -0.475 e. The first-order valence-electron chi connectivity index (χ1n) is 5.38. The second kappa shape index (κ2) is 4.41. The van der Waals surface area contributed by atoms with E-state index in [1.807, 2.05) is 24.3 Å². The van der Waals surface area contributed by atoms with Crippen molar-refractivity contribution in [2.75, 3.05) is 0 Å². The Morgan fingerprint density at radius 3 is 2.71 bits per heavy atom. The van der Waals surface area contributed by atoms with Crippen molar-refractivity contribution < 1.29 is 14.4 Å². The zero-order chi connectivity index (χ0) is 12.4. The highest BCUT2D eigenvalue weighted by molar-refractivity contribution is 5.85. The predicted molar refractivity (Wildman–Crippen MR) is 63.0 cm³/mol. The van der Waals surface area contributed by atoms with Gasteiger partial charge in [-0.25, -0.2) is 4.79 Å². The molecule has 0 radical (unpaired) electrons. The zero-order valence-electron chi connectivity index (χ0n) is 9.68. The van der Waals surface area contributed by atoms with Crippen LogP contribution in [0.2, 0.25) is 0 Å². The van der Waals surface area contributed by atoms with Crippen LogP contribution in [0.15, 0.2) is 34.9 Å². The molecule has 2 aromatic rings. The van der Waals surface area contributed by atoms with Crippen LogP contribution in [-0.2, 0) is 0 Å². The molecule has 1 aromatic carbocycles. The molecule has 0 amide bonds. The number of aromatic nitrogens is 1. The van der Waals surface area contributed by atoms with Gasteiger partial charge in [-0.1, -0.05) is 37.2 Å². The van der Waals surface area contributed by atoms with Crippen LogP contribution in [0.4, 0.5) is 0 Å². The van der Waals surface area contributed by atoms with E-state index in [-0.39, 0.29) is 5.76 Å². The van der Waals surface area contributed by atoms with Crippen LogP contribution in [0.1, 0.15) is 35.9 Å². The monoisotopic (exact) mass is 231 g/mol. The number of hydrogen-bond acceptors (Lipinski definition) is 3. The maximum absolute atomic E-state index is 10.7. The summed E-state index contributed by atoms with van der Waals surface area (Å²) in [6.07, 6.45) is 0. The van der Waals surface area contributed by atoms with E-state index in [1.165, 1.54) is 11.6 Å². The van der Waals surface area contributed by atoms with Crippen molar-refractivity contribution >= 4 is 5.97 Å². The summed E-state index contributed by atoms with van der Waals surface area (Å²) >= 11 is 0. The average Bonchev–Trinajstić information content (AvgIpc) is 2.78. The lowest BCUT2D eigenvalue weighted by Gasteiger charge is -2.05. The molecule has 1 aromatic heterocycles. The Hall–Kier alpha value is -2.10. The highest BCUT2D eigenvalue weighted by Crippen LogP contribution is 2.23. The van der Waals surface area contributed by atoms with Crippen molar-refractivity contribution in [2.24, 2.45) is 0 Å². The lowest BCUT2D eigenvalue weighted by molar-refractivity contribution is 0.0652. The molecule has 0 fully saturated rings. The molecule has 0 saturated heterocycles. The number of nitrogens with zero attached hydrogens (tertiary/aromatic N) is 1. The third kappa shape index (κ3) is 2.36. The Kier molecular flexibility index (Phi) is 2.95. The van der Waals surface area contributed by atoms with Crippen LogP contribution < -0.4 is 0 Å². The normalized spacial score (nSPS) is 10.8. The molecular formula is C13H13NO3. The first-order chi connectivity index (χ1) is 8.08. The summed E-state index contributed by atoms with van der Waals surface area (Å²) in [6.45, 7) is 4.20. The molecule has 0 aliphatic rings. The molecule has 1 heterocycles. The van der Waals surface area contributed by atoms with Crippen molar-refractivity contribution in [3.63, 3.8) is 0 Å². The lowest BCUT2D eigenvalue weighted by atomic mass is 10.00. The summed E-state index contributed by atoms with van der Waals surface area (Å²) in [5.41, 5.74) is 2.60. The lowest BCUT2D eigenvalue weighted by Crippen LogP contribution is -1.91. The van der Waals surface area contributed by atoms with Gasteiger partial charge in [0.2, 0.25) is 5.76 Å². The molecular weight excluding hydrogens is 218 g/mol. The summed E-state index contributed by atoms with van der Waals surface area (Å²) in [6, 6.07) is 9.28. The molecule has 17 heavy (non-hydrogen) atoms. The van der Waals surface area contributed by atoms with Crippen molar-refractivity contribution in [1.29, 1.82) is 0 Å². The summed E-state index contributed by atoms with van der Waals surface area (Å²) in [7, 11) is 0. The van der Waals surface area contributed by atoms with Gasteiger partial charge < -0.3 is 9.63 Å². The van der Waals surface area contributed by atoms with Crippen molar-refractivity contribution in [3.05, 3.63) is 41.7 Å². The third-order valence-corrected chi connectivity index (χ3v) is 2.57. The second-order valence-electron chi connectivity index (χ2n) is 4.16. The van der Waals surface area contributed by atoms with Gasteiger partial charge in [0.15, 0.2) is 0 Å². The van der Waals surface area contributed by atoms with E-state index >= 15 is 0 Å². The largest absolute Gasteiger partial charge is 0.475 e. The fourth-order valence-corrected chi connectivity index (χ4v) is 1.57. The third-order valence-electron chi connectivity index (χ3n) is 2.57. The van der Waals surface area contributed by atoms with Gasteiger partial charge in [-0.05, 0) is 17.5 Å². The first-order valence-corrected chi connectivity index (χ1v) is 5.38. The number of aromatic carboxylic acids is 1. The molecule has 4 heteroatoms. The summed E-state index contributed by atoms with van der Waals surface area (Å²) < 4.78 is 4.73. The molecule has 88 valence electrons. The van der Waals surface area contributed by atoms with Crippen LogP contribution in [-0.4, -0.2) is 16.2 Å². The van der Waals surface area contributed by atoms with E-state index in [4.69, 9.17) is 9.63 Å². The average molecular weight is 231 g/mol. The minimum atomic E-state index is -1.11. The van der Waals surface area contributed by atoms with Crippen LogP contribution in [0.3, 0.4) is 0 Å².